The van der Waals surface area contributed by atoms with Crippen LogP contribution in [0.4, 0.5) is 5.82 Å². The Labute approximate surface area is 88.8 Å². The van der Waals surface area contributed by atoms with Gasteiger partial charge in [0.05, 0.1) is 6.20 Å². The molecular weight excluding hydrogens is 186 g/mol. The Balaban J connectivity index is 2.38. The second-order valence-corrected chi connectivity index (χ2v) is 3.59. The summed E-state index contributed by atoms with van der Waals surface area (Å²) in [5, 5.41) is 13.4. The molecule has 0 spiro atoms. The van der Waals surface area contributed by atoms with Crippen molar-refractivity contribution in [2.24, 2.45) is 0 Å². The third kappa shape index (κ3) is 2.13. The molecule has 1 aromatic carbocycles. The molecule has 2 aromatic rings. The number of hydrogen-bond acceptors (Lipinski definition) is 3. The number of aromatic nitrogens is 2. The molecule has 0 aliphatic heterocycles. The summed E-state index contributed by atoms with van der Waals surface area (Å²) in [5.74, 6) is 0.816. The normalized spacial score (nSPS) is 10.2. The second kappa shape index (κ2) is 4.09. The molecule has 1 heterocycles. The van der Waals surface area contributed by atoms with E-state index in [2.05, 4.69) is 22.1 Å². The first-order chi connectivity index (χ1) is 7.27. The summed E-state index contributed by atoms with van der Waals surface area (Å²) in [6.07, 6.45) is 1.77. The zero-order valence-electron chi connectivity index (χ0n) is 8.70. The summed E-state index contributed by atoms with van der Waals surface area (Å²) in [4.78, 5) is 0. The quantitative estimate of drug-likeness (QED) is 0.772. The molecule has 0 fully saturated rings. The average Bonchev–Trinajstić information content (AvgIpc) is 2.26. The van der Waals surface area contributed by atoms with Gasteiger partial charge in [-0.2, -0.15) is 5.10 Å². The van der Waals surface area contributed by atoms with E-state index < -0.39 is 0 Å². The van der Waals surface area contributed by atoms with E-state index >= 15 is 0 Å². The molecule has 0 amide bonds. The Hall–Kier alpha value is -1.90. The minimum absolute atomic E-state index is 0.725. The van der Waals surface area contributed by atoms with Crippen molar-refractivity contribution < 1.29 is 0 Å². The van der Waals surface area contributed by atoms with Gasteiger partial charge in [0.1, 0.15) is 0 Å². The summed E-state index contributed by atoms with van der Waals surface area (Å²) in [7, 11) is 0. The van der Waals surface area contributed by atoms with Crippen LogP contribution in [0.5, 0.6) is 0 Å². The molecule has 0 saturated carbocycles. The van der Waals surface area contributed by atoms with Crippen molar-refractivity contribution in [1.82, 2.24) is 10.2 Å². The van der Waals surface area contributed by atoms with Gasteiger partial charge in [0.2, 0.25) is 0 Å². The summed E-state index contributed by atoms with van der Waals surface area (Å²) in [5.41, 5.74) is 1.07. The fraction of sp³-hybridized carbons (Fsp3) is 0.167. The zero-order valence-corrected chi connectivity index (χ0v) is 8.70. The Morgan fingerprint density at radius 3 is 3.00 bits per heavy atom. The van der Waals surface area contributed by atoms with Crippen LogP contribution in [-0.2, 0) is 0 Å². The van der Waals surface area contributed by atoms with Crippen LogP contribution in [0, 0.1) is 0 Å². The standard InChI is InChI=1S/C12H13N3/c1-9(2)7-13-12-11-6-4-3-5-10(11)8-14-15-12/h3-6,8H,1,7H2,2H3,(H,13,15). The minimum atomic E-state index is 0.725. The number of rotatable bonds is 3. The highest BCUT2D eigenvalue weighted by molar-refractivity contribution is 5.90. The highest BCUT2D eigenvalue weighted by Crippen LogP contribution is 2.18. The number of anilines is 1. The molecule has 0 unspecified atom stereocenters. The van der Waals surface area contributed by atoms with Gasteiger partial charge in [-0.1, -0.05) is 36.4 Å². The number of fused-ring (bicyclic) bond motifs is 1. The Morgan fingerprint density at radius 1 is 1.40 bits per heavy atom. The summed E-state index contributed by atoms with van der Waals surface area (Å²) in [6.45, 7) is 6.54. The first-order valence-electron chi connectivity index (χ1n) is 4.86. The smallest absolute Gasteiger partial charge is 0.156 e. The van der Waals surface area contributed by atoms with Crippen molar-refractivity contribution >= 4 is 16.6 Å². The molecule has 3 heteroatoms. The molecule has 3 nitrogen and oxygen atoms in total. The highest BCUT2D eigenvalue weighted by Gasteiger charge is 2.01. The van der Waals surface area contributed by atoms with Crippen molar-refractivity contribution in [3.05, 3.63) is 42.6 Å². The van der Waals surface area contributed by atoms with Gasteiger partial charge < -0.3 is 5.32 Å². The van der Waals surface area contributed by atoms with Crippen LogP contribution in [-0.4, -0.2) is 16.7 Å². The lowest BCUT2D eigenvalue weighted by Crippen LogP contribution is -2.04. The Morgan fingerprint density at radius 2 is 2.20 bits per heavy atom. The maximum Gasteiger partial charge on any atom is 0.156 e. The maximum atomic E-state index is 4.08. The van der Waals surface area contributed by atoms with E-state index in [1.54, 1.807) is 6.20 Å². The molecule has 0 radical (unpaired) electrons. The first-order valence-corrected chi connectivity index (χ1v) is 4.86. The van der Waals surface area contributed by atoms with Gasteiger partial charge in [0.25, 0.3) is 0 Å². The molecule has 0 aliphatic carbocycles. The predicted octanol–water partition coefficient (Wildman–Crippen LogP) is 2.62. The Bertz CT molecular complexity index is 486. The molecule has 0 aliphatic rings. The maximum absolute atomic E-state index is 4.08. The number of hydrogen-bond donors (Lipinski definition) is 1. The molecule has 0 atom stereocenters. The molecule has 0 bridgehead atoms. The number of nitrogens with one attached hydrogen (secondary N) is 1. The van der Waals surface area contributed by atoms with Gasteiger partial charge in [-0.25, -0.2) is 0 Å². The van der Waals surface area contributed by atoms with Crippen LogP contribution in [0.1, 0.15) is 6.92 Å². The van der Waals surface area contributed by atoms with E-state index in [1.165, 1.54) is 0 Å². The van der Waals surface area contributed by atoms with E-state index in [1.807, 2.05) is 31.2 Å². The predicted molar refractivity (Wildman–Crippen MR) is 62.8 cm³/mol. The number of nitrogens with zero attached hydrogens (tertiary/aromatic N) is 2. The Kier molecular flexibility index (Phi) is 2.63. The molecule has 76 valence electrons. The molecule has 1 N–H and O–H groups in total. The van der Waals surface area contributed by atoms with E-state index in [4.69, 9.17) is 0 Å². The number of benzene rings is 1. The van der Waals surface area contributed by atoms with Crippen LogP contribution >= 0.6 is 0 Å². The largest absolute Gasteiger partial charge is 0.364 e. The van der Waals surface area contributed by atoms with Crippen LogP contribution < -0.4 is 5.32 Å². The lowest BCUT2D eigenvalue weighted by Gasteiger charge is -2.06. The fourth-order valence-electron chi connectivity index (χ4n) is 1.39. The van der Waals surface area contributed by atoms with Crippen LogP contribution in [0.25, 0.3) is 10.8 Å². The third-order valence-corrected chi connectivity index (χ3v) is 2.13. The lowest BCUT2D eigenvalue weighted by molar-refractivity contribution is 1.03. The van der Waals surface area contributed by atoms with Crippen molar-refractivity contribution in [2.45, 2.75) is 6.92 Å². The first kappa shape index (κ1) is 9.65. The molecule has 15 heavy (non-hydrogen) atoms. The van der Waals surface area contributed by atoms with Crippen LogP contribution in [0.3, 0.4) is 0 Å². The summed E-state index contributed by atoms with van der Waals surface area (Å²) in [6, 6.07) is 8.04. The van der Waals surface area contributed by atoms with Gasteiger partial charge in [0, 0.05) is 17.3 Å². The van der Waals surface area contributed by atoms with Gasteiger partial charge in [-0.3, -0.25) is 0 Å². The molecule has 1 aromatic heterocycles. The monoisotopic (exact) mass is 199 g/mol. The van der Waals surface area contributed by atoms with E-state index in [-0.39, 0.29) is 0 Å². The average molecular weight is 199 g/mol. The van der Waals surface area contributed by atoms with E-state index in [0.717, 1.165) is 28.7 Å². The van der Waals surface area contributed by atoms with Gasteiger partial charge in [-0.05, 0) is 6.92 Å². The van der Waals surface area contributed by atoms with E-state index in [0.29, 0.717) is 0 Å². The van der Waals surface area contributed by atoms with Crippen molar-refractivity contribution in [3.63, 3.8) is 0 Å². The van der Waals surface area contributed by atoms with Crippen LogP contribution in [0.15, 0.2) is 42.6 Å². The fourth-order valence-corrected chi connectivity index (χ4v) is 1.39. The summed E-state index contributed by atoms with van der Waals surface area (Å²) < 4.78 is 0. The second-order valence-electron chi connectivity index (χ2n) is 3.59. The van der Waals surface area contributed by atoms with Gasteiger partial charge >= 0.3 is 0 Å². The minimum Gasteiger partial charge on any atom is -0.364 e. The van der Waals surface area contributed by atoms with Crippen LogP contribution in [0.2, 0.25) is 0 Å². The van der Waals surface area contributed by atoms with E-state index in [9.17, 15) is 0 Å². The van der Waals surface area contributed by atoms with Gasteiger partial charge in [0.15, 0.2) is 5.82 Å². The third-order valence-electron chi connectivity index (χ3n) is 2.13. The molecular formula is C12H13N3. The molecule has 0 saturated heterocycles. The lowest BCUT2D eigenvalue weighted by atomic mass is 10.2. The molecule has 2 rings (SSSR count). The highest BCUT2D eigenvalue weighted by atomic mass is 15.2. The van der Waals surface area contributed by atoms with Gasteiger partial charge in [-0.15, -0.1) is 5.10 Å². The van der Waals surface area contributed by atoms with Crippen molar-refractivity contribution in [2.75, 3.05) is 11.9 Å². The van der Waals surface area contributed by atoms with Crippen molar-refractivity contribution in [1.29, 1.82) is 0 Å². The zero-order chi connectivity index (χ0) is 10.7. The summed E-state index contributed by atoms with van der Waals surface area (Å²) >= 11 is 0. The topological polar surface area (TPSA) is 37.8 Å². The van der Waals surface area contributed by atoms with Crippen molar-refractivity contribution in [3.8, 4) is 0 Å². The SMILES string of the molecule is C=C(C)CNc1nncc2ccccc12.